The number of rotatable bonds is 6. The first-order chi connectivity index (χ1) is 16.4. The summed E-state index contributed by atoms with van der Waals surface area (Å²) in [6.07, 6.45) is 6.16. The molecule has 0 aliphatic carbocycles. The van der Waals surface area contributed by atoms with Gasteiger partial charge in [-0.05, 0) is 54.8 Å². The van der Waals surface area contributed by atoms with Gasteiger partial charge in [-0.3, -0.25) is 4.79 Å². The molecule has 1 atom stereocenters. The number of halogens is 1. The fourth-order valence-electron chi connectivity index (χ4n) is 3.95. The minimum atomic E-state index is -0.750. The number of hydrogen-bond donors (Lipinski definition) is 4. The van der Waals surface area contributed by atoms with Gasteiger partial charge in [-0.15, -0.1) is 0 Å². The van der Waals surface area contributed by atoms with Crippen LogP contribution in [0.1, 0.15) is 22.8 Å². The molecule has 0 amide bonds. The summed E-state index contributed by atoms with van der Waals surface area (Å²) in [5.41, 5.74) is 6.11. The van der Waals surface area contributed by atoms with Crippen LogP contribution in [-0.2, 0) is 0 Å². The molecule has 5 aromatic rings. The number of H-pyrrole nitrogens is 2. The van der Waals surface area contributed by atoms with Crippen LogP contribution >= 0.6 is 15.9 Å². The Morgan fingerprint density at radius 2 is 2.03 bits per heavy atom. The van der Waals surface area contributed by atoms with Gasteiger partial charge in [0, 0.05) is 35.3 Å². The number of aliphatic hydroxyl groups is 1. The fraction of sp³-hybridized carbons (Fsp3) is 0.160. The van der Waals surface area contributed by atoms with Crippen LogP contribution < -0.4 is 10.9 Å². The number of anilines is 1. The summed E-state index contributed by atoms with van der Waals surface area (Å²) in [6, 6.07) is 11.5. The van der Waals surface area contributed by atoms with Gasteiger partial charge in [0.25, 0.3) is 5.56 Å². The molecule has 3 heterocycles. The quantitative estimate of drug-likeness (QED) is 0.262. The number of fused-ring (bicyclic) bond motifs is 1. The van der Waals surface area contributed by atoms with Gasteiger partial charge in [-0.1, -0.05) is 28.1 Å². The highest BCUT2D eigenvalue weighted by Crippen LogP contribution is 2.28. The summed E-state index contributed by atoms with van der Waals surface area (Å²) in [6.45, 7) is 4.21. The van der Waals surface area contributed by atoms with Gasteiger partial charge in [0.2, 0.25) is 0 Å². The van der Waals surface area contributed by atoms with Crippen LogP contribution in [-0.4, -0.2) is 36.2 Å². The smallest absolute Gasteiger partial charge is 0.261 e. The average molecular weight is 519 g/mol. The van der Waals surface area contributed by atoms with E-state index in [9.17, 15) is 9.90 Å². The van der Waals surface area contributed by atoms with Crippen molar-refractivity contribution in [3.8, 4) is 17.1 Å². The van der Waals surface area contributed by atoms with Crippen molar-refractivity contribution in [3.63, 3.8) is 0 Å². The normalized spacial score (nSPS) is 12.2. The van der Waals surface area contributed by atoms with Crippen molar-refractivity contribution < 1.29 is 5.11 Å². The van der Waals surface area contributed by atoms with Crippen molar-refractivity contribution in [2.45, 2.75) is 20.0 Å². The highest BCUT2D eigenvalue weighted by molar-refractivity contribution is 9.10. The maximum atomic E-state index is 12.8. The van der Waals surface area contributed by atoms with Gasteiger partial charge >= 0.3 is 0 Å². The Labute approximate surface area is 203 Å². The van der Waals surface area contributed by atoms with E-state index >= 15 is 0 Å². The Balaban J connectivity index is 1.48. The Morgan fingerprint density at radius 3 is 2.79 bits per heavy atom. The molecule has 2 aromatic carbocycles. The number of nitrogens with one attached hydrogen (secondary N) is 3. The minimum Gasteiger partial charge on any atom is -0.387 e. The first kappa shape index (κ1) is 22.1. The number of nitrogens with zero attached hydrogens (tertiary/aromatic N) is 3. The van der Waals surface area contributed by atoms with Gasteiger partial charge < -0.3 is 25.0 Å². The van der Waals surface area contributed by atoms with E-state index in [0.717, 1.165) is 37.9 Å². The maximum absolute atomic E-state index is 12.8. The van der Waals surface area contributed by atoms with E-state index in [1.54, 1.807) is 24.8 Å². The summed E-state index contributed by atoms with van der Waals surface area (Å²) in [7, 11) is 0. The summed E-state index contributed by atoms with van der Waals surface area (Å²) >= 11 is 3.51. The van der Waals surface area contributed by atoms with Gasteiger partial charge in [-0.25, -0.2) is 9.97 Å². The molecule has 5 rings (SSSR count). The first-order valence-electron chi connectivity index (χ1n) is 10.8. The van der Waals surface area contributed by atoms with Crippen LogP contribution in [0.4, 0.5) is 5.69 Å². The minimum absolute atomic E-state index is 0.232. The zero-order valence-corrected chi connectivity index (χ0v) is 20.2. The second-order valence-electron chi connectivity index (χ2n) is 8.21. The molecule has 1 unspecified atom stereocenters. The lowest BCUT2D eigenvalue weighted by Crippen LogP contribution is -2.17. The van der Waals surface area contributed by atoms with Crippen molar-refractivity contribution in [1.29, 1.82) is 0 Å². The molecule has 0 saturated carbocycles. The molecule has 0 fully saturated rings. The van der Waals surface area contributed by atoms with Crippen molar-refractivity contribution in [1.82, 2.24) is 24.5 Å². The summed E-state index contributed by atoms with van der Waals surface area (Å²) in [5, 5.41) is 13.9. The second-order valence-corrected chi connectivity index (χ2v) is 9.07. The summed E-state index contributed by atoms with van der Waals surface area (Å²) in [5.74, 6) is 0.456. The zero-order chi connectivity index (χ0) is 23.8. The molecule has 8 nitrogen and oxygen atoms in total. The number of benzene rings is 2. The molecule has 0 spiro atoms. The van der Waals surface area contributed by atoms with E-state index in [2.05, 4.69) is 36.2 Å². The molecule has 172 valence electrons. The highest BCUT2D eigenvalue weighted by atomic mass is 79.9. The number of aryl methyl sites for hydroxylation is 2. The Hall–Kier alpha value is -3.69. The molecule has 0 bridgehead atoms. The number of hydrogen-bond acceptors (Lipinski definition) is 5. The monoisotopic (exact) mass is 518 g/mol. The predicted octanol–water partition coefficient (Wildman–Crippen LogP) is 4.63. The molecule has 4 N–H and O–H groups in total. The van der Waals surface area contributed by atoms with Gasteiger partial charge in [0.1, 0.15) is 11.4 Å². The van der Waals surface area contributed by atoms with Crippen LogP contribution in [0.15, 0.2) is 70.6 Å². The third kappa shape index (κ3) is 4.15. The number of aromatic amines is 2. The standard InChI is InChI=1S/C25H23BrN6O2/c1-14-3-4-16(10-18(14)26)21(33)12-29-19-5-6-28-25(34)22(19)24-30-20-11-17(32-8-7-27-13-32)9-15(2)23(20)31-24/h3-11,13,21,33H,12H2,1-2H3,(H,30,31)(H2,28,29,34). The molecule has 3 aromatic heterocycles. The third-order valence-electron chi connectivity index (χ3n) is 5.83. The van der Waals surface area contributed by atoms with Crippen LogP contribution in [0, 0.1) is 13.8 Å². The lowest BCUT2D eigenvalue weighted by molar-refractivity contribution is 0.191. The lowest BCUT2D eigenvalue weighted by Gasteiger charge is -2.15. The predicted molar refractivity (Wildman–Crippen MR) is 136 cm³/mol. The molecular formula is C25H23BrN6O2. The Morgan fingerprint density at radius 1 is 1.18 bits per heavy atom. The fourth-order valence-corrected chi connectivity index (χ4v) is 4.35. The maximum Gasteiger partial charge on any atom is 0.261 e. The number of aliphatic hydroxyl groups excluding tert-OH is 1. The summed E-state index contributed by atoms with van der Waals surface area (Å²) in [4.78, 5) is 27.7. The van der Waals surface area contributed by atoms with Gasteiger partial charge in [0.15, 0.2) is 0 Å². The Bertz CT molecular complexity index is 1540. The molecule has 0 aliphatic heterocycles. The topological polar surface area (TPSA) is 112 Å². The van der Waals surface area contributed by atoms with Crippen molar-refractivity contribution in [2.24, 2.45) is 0 Å². The van der Waals surface area contributed by atoms with E-state index in [4.69, 9.17) is 4.98 Å². The highest BCUT2D eigenvalue weighted by Gasteiger charge is 2.17. The van der Waals surface area contributed by atoms with Crippen LogP contribution in [0.5, 0.6) is 0 Å². The largest absolute Gasteiger partial charge is 0.387 e. The van der Waals surface area contributed by atoms with Gasteiger partial charge in [-0.2, -0.15) is 0 Å². The molecule has 34 heavy (non-hydrogen) atoms. The molecule has 0 saturated heterocycles. The van der Waals surface area contributed by atoms with Crippen molar-refractivity contribution >= 4 is 32.7 Å². The zero-order valence-electron chi connectivity index (χ0n) is 18.6. The molecule has 0 radical (unpaired) electrons. The van der Waals surface area contributed by atoms with E-state index in [0.29, 0.717) is 17.1 Å². The third-order valence-corrected chi connectivity index (χ3v) is 6.68. The average Bonchev–Trinajstić information content (AvgIpc) is 3.49. The SMILES string of the molecule is Cc1ccc(C(O)CNc2cc[nH]c(=O)c2-c2nc3c(C)cc(-n4ccnc4)cc3[nH]2)cc1Br. The number of aromatic nitrogens is 5. The molecule has 9 heteroatoms. The van der Waals surface area contributed by atoms with Crippen LogP contribution in [0.3, 0.4) is 0 Å². The Kier molecular flexibility index (Phi) is 5.80. The van der Waals surface area contributed by atoms with E-state index in [1.165, 1.54) is 0 Å². The number of imidazole rings is 2. The molecule has 0 aliphatic rings. The van der Waals surface area contributed by atoms with Crippen LogP contribution in [0.2, 0.25) is 0 Å². The first-order valence-corrected chi connectivity index (χ1v) is 11.6. The second kappa shape index (κ2) is 8.92. The number of pyridine rings is 1. The van der Waals surface area contributed by atoms with Crippen molar-refractivity contribution in [3.05, 3.63) is 92.8 Å². The lowest BCUT2D eigenvalue weighted by atomic mass is 10.1. The van der Waals surface area contributed by atoms with E-state index in [1.807, 2.05) is 54.9 Å². The van der Waals surface area contributed by atoms with Crippen LogP contribution in [0.25, 0.3) is 28.1 Å². The van der Waals surface area contributed by atoms with Crippen molar-refractivity contribution in [2.75, 3.05) is 11.9 Å². The van der Waals surface area contributed by atoms with Gasteiger partial charge in [0.05, 0.1) is 29.2 Å². The summed E-state index contributed by atoms with van der Waals surface area (Å²) < 4.78 is 2.86. The van der Waals surface area contributed by atoms with E-state index in [-0.39, 0.29) is 12.1 Å². The van der Waals surface area contributed by atoms with E-state index < -0.39 is 6.10 Å². The molecular weight excluding hydrogens is 496 g/mol.